The lowest BCUT2D eigenvalue weighted by molar-refractivity contribution is -0.00523. The van der Waals surface area contributed by atoms with Crippen molar-refractivity contribution >= 4 is 11.9 Å². The lowest BCUT2D eigenvalue weighted by Gasteiger charge is -2.37. The summed E-state index contributed by atoms with van der Waals surface area (Å²) in [6.07, 6.45) is 10.1. The molecule has 1 aliphatic carbocycles. The molecule has 0 aromatic carbocycles. The maximum absolute atomic E-state index is 13.0. The van der Waals surface area contributed by atoms with Gasteiger partial charge in [-0.15, -0.1) is 0 Å². The summed E-state index contributed by atoms with van der Waals surface area (Å²) in [5.41, 5.74) is 2.25. The molecule has 0 spiro atoms. The van der Waals surface area contributed by atoms with Gasteiger partial charge in [-0.25, -0.2) is 0 Å². The zero-order chi connectivity index (χ0) is 17.8. The first kappa shape index (κ1) is 19.0. The second-order valence-corrected chi connectivity index (χ2v) is 8.27. The number of fused-ring (bicyclic) bond motifs is 1. The number of aryl methyl sites for hydroxylation is 2. The van der Waals surface area contributed by atoms with Crippen LogP contribution in [0.3, 0.4) is 0 Å². The molecule has 2 heterocycles. The quantitative estimate of drug-likeness (QED) is 0.781. The lowest BCUT2D eigenvalue weighted by atomic mass is 9.89. The fourth-order valence-corrected chi connectivity index (χ4v) is 4.83. The summed E-state index contributed by atoms with van der Waals surface area (Å²) < 4.78 is 11.9. The Labute approximate surface area is 155 Å². The van der Waals surface area contributed by atoms with Crippen molar-refractivity contribution in [3.63, 3.8) is 0 Å². The third-order valence-corrected chi connectivity index (χ3v) is 6.44. The molecule has 0 saturated heterocycles. The lowest BCUT2D eigenvalue weighted by Crippen LogP contribution is -2.46. The summed E-state index contributed by atoms with van der Waals surface area (Å²) in [6, 6.07) is 4.53. The molecule has 1 N–H and O–H groups in total. The van der Waals surface area contributed by atoms with Gasteiger partial charge in [0.25, 0.3) is 5.56 Å². The zero-order valence-corrected chi connectivity index (χ0v) is 16.6. The van der Waals surface area contributed by atoms with Crippen LogP contribution in [-0.2, 0) is 17.6 Å². The maximum atomic E-state index is 13.0. The van der Waals surface area contributed by atoms with Crippen LogP contribution >= 0.6 is 11.9 Å². The van der Waals surface area contributed by atoms with E-state index in [9.17, 15) is 4.79 Å². The molecule has 5 heteroatoms. The molecule has 0 bridgehead atoms. The number of nitrogens with one attached hydrogen (secondary N) is 1. The van der Waals surface area contributed by atoms with Crippen LogP contribution in [0.4, 0.5) is 0 Å². The second kappa shape index (κ2) is 8.74. The van der Waals surface area contributed by atoms with Crippen LogP contribution in [0, 0.1) is 5.92 Å². The molecular formula is C20H32N2O2S. The molecule has 1 saturated carbocycles. The van der Waals surface area contributed by atoms with Crippen LogP contribution in [0.2, 0.25) is 0 Å². The van der Waals surface area contributed by atoms with Gasteiger partial charge < -0.3 is 9.30 Å². The Hall–Kier alpha value is -0.780. The third kappa shape index (κ3) is 4.32. The van der Waals surface area contributed by atoms with Crippen LogP contribution in [0.15, 0.2) is 16.9 Å². The summed E-state index contributed by atoms with van der Waals surface area (Å²) in [5.74, 6) is 0.830. The van der Waals surface area contributed by atoms with E-state index in [2.05, 4.69) is 30.9 Å². The van der Waals surface area contributed by atoms with Crippen molar-refractivity contribution in [2.45, 2.75) is 77.0 Å². The molecule has 140 valence electrons. The number of hydrogen-bond donors (Lipinski definition) is 1. The van der Waals surface area contributed by atoms with Gasteiger partial charge in [0.05, 0.1) is 18.8 Å². The first-order valence-electron chi connectivity index (χ1n) is 9.77. The summed E-state index contributed by atoms with van der Waals surface area (Å²) in [5, 5.41) is 0. The van der Waals surface area contributed by atoms with Crippen LogP contribution < -0.4 is 10.3 Å². The fourth-order valence-electron chi connectivity index (χ4n) is 4.26. The molecule has 4 nitrogen and oxygen atoms in total. The highest BCUT2D eigenvalue weighted by molar-refractivity contribution is 7.96. The van der Waals surface area contributed by atoms with E-state index in [-0.39, 0.29) is 17.6 Å². The van der Waals surface area contributed by atoms with Gasteiger partial charge in [-0.2, -0.15) is 0 Å². The summed E-state index contributed by atoms with van der Waals surface area (Å²) in [6.45, 7) is 5.02. The van der Waals surface area contributed by atoms with Gasteiger partial charge in [-0.3, -0.25) is 9.52 Å². The highest BCUT2D eigenvalue weighted by Gasteiger charge is 2.31. The molecule has 1 aromatic rings. The van der Waals surface area contributed by atoms with E-state index in [0.717, 1.165) is 49.3 Å². The second-order valence-electron chi connectivity index (χ2n) is 7.63. The smallest absolute Gasteiger partial charge is 0.254 e. The van der Waals surface area contributed by atoms with E-state index < -0.39 is 0 Å². The van der Waals surface area contributed by atoms with E-state index in [1.807, 2.05) is 10.6 Å². The third-order valence-electron chi connectivity index (χ3n) is 5.90. The number of ether oxygens (including phenoxy) is 1. The Bertz CT molecular complexity index is 623. The van der Waals surface area contributed by atoms with Crippen molar-refractivity contribution in [2.75, 3.05) is 12.9 Å². The first-order valence-corrected chi connectivity index (χ1v) is 11.0. The molecule has 1 aliphatic heterocycles. The highest BCUT2D eigenvalue weighted by atomic mass is 32.2. The molecule has 2 unspecified atom stereocenters. The van der Waals surface area contributed by atoms with Gasteiger partial charge in [-0.1, -0.05) is 31.9 Å². The Morgan fingerprint density at radius 1 is 1.24 bits per heavy atom. The molecular weight excluding hydrogens is 332 g/mol. The summed E-state index contributed by atoms with van der Waals surface area (Å²) in [4.78, 5) is 13.0. The van der Waals surface area contributed by atoms with Crippen molar-refractivity contribution in [1.29, 1.82) is 0 Å². The van der Waals surface area contributed by atoms with Gasteiger partial charge in [0.15, 0.2) is 0 Å². The van der Waals surface area contributed by atoms with Crippen molar-refractivity contribution < 1.29 is 4.74 Å². The predicted octanol–water partition coefficient (Wildman–Crippen LogP) is 3.73. The Balaban J connectivity index is 1.80. The van der Waals surface area contributed by atoms with Crippen molar-refractivity contribution in [1.82, 2.24) is 9.29 Å². The number of aromatic nitrogens is 1. The van der Waals surface area contributed by atoms with Crippen molar-refractivity contribution in [3.05, 3.63) is 33.7 Å². The highest BCUT2D eigenvalue weighted by Crippen LogP contribution is 2.29. The normalized spacial score (nSPS) is 29.4. The average Bonchev–Trinajstić information content (AvgIpc) is 2.62. The number of rotatable bonds is 6. The van der Waals surface area contributed by atoms with Crippen LogP contribution in [0.25, 0.3) is 0 Å². The number of hydrogen-bond acceptors (Lipinski definition) is 4. The summed E-state index contributed by atoms with van der Waals surface area (Å²) >= 11 is 1.64. The molecule has 2 atom stereocenters. The summed E-state index contributed by atoms with van der Waals surface area (Å²) in [7, 11) is 0. The predicted molar refractivity (Wildman–Crippen MR) is 105 cm³/mol. The van der Waals surface area contributed by atoms with E-state index in [0.29, 0.717) is 12.7 Å². The number of pyridine rings is 1. The van der Waals surface area contributed by atoms with Crippen LogP contribution in [0.5, 0.6) is 0 Å². The van der Waals surface area contributed by atoms with Gasteiger partial charge in [0.1, 0.15) is 0 Å². The van der Waals surface area contributed by atoms with Crippen molar-refractivity contribution in [3.8, 4) is 0 Å². The molecule has 2 aliphatic rings. The largest absolute Gasteiger partial charge is 0.376 e. The Morgan fingerprint density at radius 3 is 2.68 bits per heavy atom. The first-order chi connectivity index (χ1) is 12.1. The minimum absolute atomic E-state index is 0.0922. The molecule has 1 aromatic heterocycles. The minimum Gasteiger partial charge on any atom is -0.376 e. The monoisotopic (exact) mass is 364 g/mol. The minimum atomic E-state index is 0.0922. The van der Waals surface area contributed by atoms with Gasteiger partial charge in [-0.05, 0) is 63.2 Å². The molecule has 0 amide bonds. The Morgan fingerprint density at radius 2 is 2.00 bits per heavy atom. The van der Waals surface area contributed by atoms with Gasteiger partial charge >= 0.3 is 0 Å². The van der Waals surface area contributed by atoms with Gasteiger partial charge in [0, 0.05) is 17.3 Å². The molecule has 25 heavy (non-hydrogen) atoms. The fraction of sp³-hybridized carbons (Fsp3) is 0.750. The molecule has 3 rings (SSSR count). The van der Waals surface area contributed by atoms with Crippen LogP contribution in [0.1, 0.15) is 63.3 Å². The molecule has 0 radical (unpaired) electrons. The topological polar surface area (TPSA) is 43.3 Å². The molecule has 1 fully saturated rings. The van der Waals surface area contributed by atoms with E-state index >= 15 is 0 Å². The van der Waals surface area contributed by atoms with Gasteiger partial charge in [0.2, 0.25) is 0 Å². The zero-order valence-electron chi connectivity index (χ0n) is 15.8. The SMILES string of the molecule is CCc1ccc2n(c1=O)C(COC1CCC(C)CC1)C(NSC)CC2. The average molecular weight is 365 g/mol. The van der Waals surface area contributed by atoms with E-state index in [1.54, 1.807) is 11.9 Å². The van der Waals surface area contributed by atoms with E-state index in [4.69, 9.17) is 4.74 Å². The number of nitrogens with zero attached hydrogens (tertiary/aromatic N) is 1. The van der Waals surface area contributed by atoms with E-state index in [1.165, 1.54) is 12.8 Å². The van der Waals surface area contributed by atoms with Crippen molar-refractivity contribution in [2.24, 2.45) is 5.92 Å². The Kier molecular flexibility index (Phi) is 6.64. The van der Waals surface area contributed by atoms with Crippen LogP contribution in [-0.4, -0.2) is 29.6 Å². The standard InChI is InChI=1S/C20H32N2O2S/c1-4-15-7-8-16-9-12-18(21-25-3)19(22(16)20(15)23)13-24-17-10-5-14(2)6-11-17/h7-8,14,17-19,21H,4-6,9-13H2,1-3H3. The maximum Gasteiger partial charge on any atom is 0.254 e.